The van der Waals surface area contributed by atoms with Crippen LogP contribution < -0.4 is 5.32 Å². The molecule has 4 nitrogen and oxygen atoms in total. The highest BCUT2D eigenvalue weighted by Crippen LogP contribution is 2.21. The van der Waals surface area contributed by atoms with Crippen molar-refractivity contribution >= 4 is 21.8 Å². The zero-order chi connectivity index (χ0) is 12.3. The summed E-state index contributed by atoms with van der Waals surface area (Å²) >= 11 is 3.13. The Hall–Kier alpha value is -1.07. The number of hydrogen-bond donors (Lipinski definition) is 2. The molecule has 2 N–H and O–H groups in total. The van der Waals surface area contributed by atoms with Crippen molar-refractivity contribution in [1.82, 2.24) is 5.32 Å². The van der Waals surface area contributed by atoms with E-state index in [1.807, 2.05) is 6.08 Å². The molecule has 1 amide bonds. The van der Waals surface area contributed by atoms with E-state index >= 15 is 0 Å². The van der Waals surface area contributed by atoms with Crippen molar-refractivity contribution in [3.8, 4) is 0 Å². The highest BCUT2D eigenvalue weighted by atomic mass is 79.9. The lowest BCUT2D eigenvalue weighted by Crippen LogP contribution is -2.42. The molecular formula is C12H14BrNO3. The molecule has 92 valence electrons. The summed E-state index contributed by atoms with van der Waals surface area (Å²) in [6, 6.07) is 3.24. The molecule has 0 unspecified atom stereocenters. The van der Waals surface area contributed by atoms with Gasteiger partial charge in [0, 0.05) is 0 Å². The molecule has 17 heavy (non-hydrogen) atoms. The van der Waals surface area contributed by atoms with E-state index in [0.29, 0.717) is 11.1 Å². The first-order chi connectivity index (χ1) is 8.09. The summed E-state index contributed by atoms with van der Waals surface area (Å²) in [6.07, 6.45) is 6.30. The number of aliphatic hydroxyl groups is 1. The highest BCUT2D eigenvalue weighted by molar-refractivity contribution is 9.10. The van der Waals surface area contributed by atoms with Crippen LogP contribution in [0.1, 0.15) is 29.8 Å². The molecule has 0 radical (unpaired) electrons. The van der Waals surface area contributed by atoms with Gasteiger partial charge < -0.3 is 14.8 Å². The Kier molecular flexibility index (Phi) is 3.69. The predicted molar refractivity (Wildman–Crippen MR) is 66.7 cm³/mol. The first-order valence-corrected chi connectivity index (χ1v) is 6.32. The van der Waals surface area contributed by atoms with Crippen LogP contribution in [0.15, 0.2) is 33.4 Å². The van der Waals surface area contributed by atoms with Gasteiger partial charge in [-0.25, -0.2) is 0 Å². The summed E-state index contributed by atoms with van der Waals surface area (Å²) in [5, 5.41) is 12.8. The van der Waals surface area contributed by atoms with Gasteiger partial charge in [-0.05, 0) is 47.3 Å². The number of hydrogen-bond acceptors (Lipinski definition) is 3. The lowest BCUT2D eigenvalue weighted by molar-refractivity contribution is 0.0648. The molecule has 0 saturated carbocycles. The van der Waals surface area contributed by atoms with E-state index in [9.17, 15) is 9.90 Å². The molecule has 0 aromatic carbocycles. The molecule has 5 heteroatoms. The second-order valence-electron chi connectivity index (χ2n) is 4.18. The molecule has 0 saturated heterocycles. The molecular weight excluding hydrogens is 286 g/mol. The van der Waals surface area contributed by atoms with E-state index in [4.69, 9.17) is 4.42 Å². The van der Waals surface area contributed by atoms with Crippen LogP contribution in [0.25, 0.3) is 0 Å². The van der Waals surface area contributed by atoms with Gasteiger partial charge >= 0.3 is 0 Å². The van der Waals surface area contributed by atoms with Gasteiger partial charge in [-0.15, -0.1) is 0 Å². The number of rotatable bonds is 3. The molecule has 1 aromatic heterocycles. The lowest BCUT2D eigenvalue weighted by Gasteiger charge is -2.27. The summed E-state index contributed by atoms with van der Waals surface area (Å²) in [4.78, 5) is 11.7. The maximum atomic E-state index is 11.7. The Balaban J connectivity index is 1.92. The van der Waals surface area contributed by atoms with Gasteiger partial charge in [0.1, 0.15) is 0 Å². The van der Waals surface area contributed by atoms with Gasteiger partial charge in [0.25, 0.3) is 5.91 Å². The van der Waals surface area contributed by atoms with Crippen LogP contribution in [0.3, 0.4) is 0 Å². The van der Waals surface area contributed by atoms with Crippen LogP contribution in [0.4, 0.5) is 0 Å². The molecule has 1 aliphatic rings. The van der Waals surface area contributed by atoms with E-state index in [1.54, 1.807) is 18.2 Å². The topological polar surface area (TPSA) is 62.5 Å². The second-order valence-corrected chi connectivity index (χ2v) is 4.97. The van der Waals surface area contributed by atoms with E-state index < -0.39 is 5.60 Å². The molecule has 0 fully saturated rings. The average Bonchev–Trinajstić information content (AvgIpc) is 2.74. The number of allylic oxidation sites excluding steroid dienone is 1. The normalized spacial score (nSPS) is 23.6. The van der Waals surface area contributed by atoms with Crippen molar-refractivity contribution < 1.29 is 14.3 Å². The minimum Gasteiger partial charge on any atom is -0.444 e. The van der Waals surface area contributed by atoms with Crippen molar-refractivity contribution in [2.24, 2.45) is 0 Å². The number of halogens is 1. The van der Waals surface area contributed by atoms with Crippen molar-refractivity contribution in [3.05, 3.63) is 34.7 Å². The van der Waals surface area contributed by atoms with Gasteiger partial charge in [-0.1, -0.05) is 12.2 Å². The third-order valence-corrected chi connectivity index (χ3v) is 3.19. The van der Waals surface area contributed by atoms with Crippen molar-refractivity contribution in [2.75, 3.05) is 6.54 Å². The summed E-state index contributed by atoms with van der Waals surface area (Å²) in [5.74, 6) is -0.0802. The zero-order valence-electron chi connectivity index (χ0n) is 9.28. The molecule has 0 spiro atoms. The fraction of sp³-hybridized carbons (Fsp3) is 0.417. The SMILES string of the molecule is O=C(NC[C@]1(O)C=CCCC1)c1ccc(Br)o1. The van der Waals surface area contributed by atoms with Crippen LogP contribution in [-0.4, -0.2) is 23.2 Å². The Bertz CT molecular complexity index is 441. The van der Waals surface area contributed by atoms with Crippen molar-refractivity contribution in [3.63, 3.8) is 0 Å². The van der Waals surface area contributed by atoms with Gasteiger partial charge in [0.15, 0.2) is 10.4 Å². The third-order valence-electron chi connectivity index (χ3n) is 2.76. The van der Waals surface area contributed by atoms with Crippen LogP contribution in [0, 0.1) is 0 Å². The monoisotopic (exact) mass is 299 g/mol. The molecule has 1 aromatic rings. The summed E-state index contributed by atoms with van der Waals surface area (Å²) < 4.78 is 5.64. The number of furan rings is 1. The van der Waals surface area contributed by atoms with Crippen molar-refractivity contribution in [1.29, 1.82) is 0 Å². The summed E-state index contributed by atoms with van der Waals surface area (Å²) in [5.41, 5.74) is -0.919. The van der Waals surface area contributed by atoms with Crippen LogP contribution >= 0.6 is 15.9 Å². The zero-order valence-corrected chi connectivity index (χ0v) is 10.9. The number of nitrogens with one attached hydrogen (secondary N) is 1. The molecule has 1 atom stereocenters. The van der Waals surface area contributed by atoms with E-state index in [1.165, 1.54) is 0 Å². The van der Waals surface area contributed by atoms with E-state index in [0.717, 1.165) is 12.8 Å². The fourth-order valence-electron chi connectivity index (χ4n) is 1.82. The van der Waals surface area contributed by atoms with E-state index in [2.05, 4.69) is 21.2 Å². The molecule has 2 rings (SSSR count). The average molecular weight is 300 g/mol. The maximum absolute atomic E-state index is 11.7. The van der Waals surface area contributed by atoms with Crippen LogP contribution in [0.2, 0.25) is 0 Å². The Morgan fingerprint density at radius 1 is 1.59 bits per heavy atom. The quantitative estimate of drug-likeness (QED) is 0.842. The number of carbonyl (C=O) groups excluding carboxylic acids is 1. The smallest absolute Gasteiger partial charge is 0.287 e. The molecule has 0 bridgehead atoms. The predicted octanol–water partition coefficient (Wildman–Crippen LogP) is 2.24. The van der Waals surface area contributed by atoms with Gasteiger partial charge in [-0.2, -0.15) is 0 Å². The highest BCUT2D eigenvalue weighted by Gasteiger charge is 2.26. The van der Waals surface area contributed by atoms with Crippen LogP contribution in [0.5, 0.6) is 0 Å². The Morgan fingerprint density at radius 3 is 3.00 bits per heavy atom. The fourth-order valence-corrected chi connectivity index (χ4v) is 2.12. The minimum absolute atomic E-state index is 0.209. The second kappa shape index (κ2) is 5.06. The third kappa shape index (κ3) is 3.20. The van der Waals surface area contributed by atoms with Crippen LogP contribution in [-0.2, 0) is 0 Å². The lowest BCUT2D eigenvalue weighted by atomic mass is 9.91. The number of amides is 1. The molecule has 1 aliphatic carbocycles. The largest absolute Gasteiger partial charge is 0.444 e. The molecule has 0 aliphatic heterocycles. The number of carbonyl (C=O) groups is 1. The van der Waals surface area contributed by atoms with E-state index in [-0.39, 0.29) is 18.2 Å². The van der Waals surface area contributed by atoms with Gasteiger partial charge in [-0.3, -0.25) is 4.79 Å². The first kappa shape index (κ1) is 12.4. The Labute approximate surface area is 108 Å². The minimum atomic E-state index is -0.919. The van der Waals surface area contributed by atoms with Gasteiger partial charge in [0.05, 0.1) is 12.1 Å². The first-order valence-electron chi connectivity index (χ1n) is 5.53. The van der Waals surface area contributed by atoms with Crippen molar-refractivity contribution in [2.45, 2.75) is 24.9 Å². The summed E-state index contributed by atoms with van der Waals surface area (Å²) in [7, 11) is 0. The van der Waals surface area contributed by atoms with Gasteiger partial charge in [0.2, 0.25) is 0 Å². The maximum Gasteiger partial charge on any atom is 0.287 e. The Morgan fingerprint density at radius 2 is 2.41 bits per heavy atom. The molecule has 1 heterocycles. The summed E-state index contributed by atoms with van der Waals surface area (Å²) in [6.45, 7) is 0.209. The standard InChI is InChI=1S/C12H14BrNO3/c13-10-5-4-9(17-10)11(15)14-8-12(16)6-2-1-3-7-12/h2,4-6,16H,1,3,7-8H2,(H,14,15)/t12-/m0/s1.